The number of carbonyl (C=O) groups excluding carboxylic acids is 2. The first-order valence-electron chi connectivity index (χ1n) is 8.39. The van der Waals surface area contributed by atoms with Crippen LogP contribution >= 0.6 is 0 Å². The number of ether oxygens (including phenoxy) is 2. The molecular formula is C17H27NO4. The summed E-state index contributed by atoms with van der Waals surface area (Å²) in [5.74, 6) is 1.60. The van der Waals surface area contributed by atoms with E-state index in [0.717, 1.165) is 0 Å². The minimum Gasteiger partial charge on any atom is -0.467 e. The van der Waals surface area contributed by atoms with Gasteiger partial charge in [0.05, 0.1) is 7.11 Å². The van der Waals surface area contributed by atoms with Gasteiger partial charge in [-0.3, -0.25) is 4.90 Å². The van der Waals surface area contributed by atoms with Crippen molar-refractivity contribution in [1.29, 1.82) is 0 Å². The fraction of sp³-hybridized carbons (Fsp3) is 0.882. The second kappa shape index (κ2) is 5.43. The lowest BCUT2D eigenvalue weighted by atomic mass is 9.58. The van der Waals surface area contributed by atoms with E-state index in [1.807, 2.05) is 20.8 Å². The number of carbonyl (C=O) groups is 2. The maximum atomic E-state index is 12.6. The Balaban J connectivity index is 1.86. The van der Waals surface area contributed by atoms with Gasteiger partial charge in [0, 0.05) is 6.54 Å². The number of fused-ring (bicyclic) bond motifs is 2. The van der Waals surface area contributed by atoms with Crippen LogP contribution in [0.15, 0.2) is 0 Å². The van der Waals surface area contributed by atoms with E-state index in [1.165, 1.54) is 32.8 Å². The molecule has 1 saturated heterocycles. The lowest BCUT2D eigenvalue weighted by Gasteiger charge is -2.46. The van der Waals surface area contributed by atoms with Crippen LogP contribution in [-0.2, 0) is 14.3 Å². The first-order valence-corrected chi connectivity index (χ1v) is 8.39. The van der Waals surface area contributed by atoms with Gasteiger partial charge in [-0.25, -0.2) is 9.59 Å². The number of hydrogen-bond donors (Lipinski definition) is 0. The molecule has 0 N–H and O–H groups in total. The summed E-state index contributed by atoms with van der Waals surface area (Å²) < 4.78 is 10.5. The highest BCUT2D eigenvalue weighted by atomic mass is 16.6. The van der Waals surface area contributed by atoms with Crippen LogP contribution in [0.1, 0.15) is 46.5 Å². The highest BCUT2D eigenvalue weighted by molar-refractivity contribution is 5.82. The molecule has 3 unspecified atom stereocenters. The average molecular weight is 309 g/mol. The van der Waals surface area contributed by atoms with Crippen molar-refractivity contribution in [2.45, 2.75) is 58.1 Å². The van der Waals surface area contributed by atoms with Gasteiger partial charge in [0.2, 0.25) is 0 Å². The van der Waals surface area contributed by atoms with Gasteiger partial charge >= 0.3 is 12.1 Å². The first kappa shape index (κ1) is 15.6. The Morgan fingerprint density at radius 1 is 1.05 bits per heavy atom. The molecule has 3 saturated carbocycles. The molecule has 1 amide bonds. The van der Waals surface area contributed by atoms with Crippen molar-refractivity contribution in [3.8, 4) is 0 Å². The molecule has 4 fully saturated rings. The van der Waals surface area contributed by atoms with Crippen LogP contribution < -0.4 is 0 Å². The molecule has 124 valence electrons. The van der Waals surface area contributed by atoms with Gasteiger partial charge in [-0.2, -0.15) is 0 Å². The van der Waals surface area contributed by atoms with E-state index >= 15 is 0 Å². The lowest BCUT2D eigenvalue weighted by molar-refractivity contribution is -0.148. The third kappa shape index (κ3) is 2.59. The summed E-state index contributed by atoms with van der Waals surface area (Å²) in [6.07, 6.45) is 4.46. The SMILES string of the molecule is COC(=O)C1C2C3CCC(CC3)C2CN1C(=O)OC(C)(C)C. The van der Waals surface area contributed by atoms with Crippen molar-refractivity contribution in [3.63, 3.8) is 0 Å². The molecule has 0 spiro atoms. The van der Waals surface area contributed by atoms with Gasteiger partial charge < -0.3 is 9.47 Å². The van der Waals surface area contributed by atoms with Gasteiger partial charge in [-0.15, -0.1) is 0 Å². The Bertz CT molecular complexity index is 462. The maximum absolute atomic E-state index is 12.6. The number of esters is 1. The van der Waals surface area contributed by atoms with Crippen molar-refractivity contribution in [1.82, 2.24) is 4.90 Å². The molecule has 1 aliphatic heterocycles. The van der Waals surface area contributed by atoms with Gasteiger partial charge in [0.15, 0.2) is 0 Å². The monoisotopic (exact) mass is 309 g/mol. The smallest absolute Gasteiger partial charge is 0.411 e. The van der Waals surface area contributed by atoms with Crippen LogP contribution in [0.4, 0.5) is 4.79 Å². The van der Waals surface area contributed by atoms with Crippen molar-refractivity contribution in [3.05, 3.63) is 0 Å². The normalized spacial score (nSPS) is 36.9. The van der Waals surface area contributed by atoms with Crippen LogP contribution in [-0.4, -0.2) is 42.3 Å². The number of amides is 1. The molecule has 2 bridgehead atoms. The zero-order valence-corrected chi connectivity index (χ0v) is 14.0. The van der Waals surface area contributed by atoms with Gasteiger partial charge in [0.1, 0.15) is 11.6 Å². The summed E-state index contributed by atoms with van der Waals surface area (Å²) in [7, 11) is 1.41. The average Bonchev–Trinajstić information content (AvgIpc) is 2.88. The quantitative estimate of drug-likeness (QED) is 0.699. The number of hydrogen-bond acceptors (Lipinski definition) is 4. The van der Waals surface area contributed by atoms with Gasteiger partial charge in [0.25, 0.3) is 0 Å². The highest BCUT2D eigenvalue weighted by Gasteiger charge is 2.57. The van der Waals surface area contributed by atoms with E-state index in [9.17, 15) is 9.59 Å². The highest BCUT2D eigenvalue weighted by Crippen LogP contribution is 2.54. The second-order valence-electron chi connectivity index (χ2n) is 8.02. The number of nitrogens with zero attached hydrogens (tertiary/aromatic N) is 1. The van der Waals surface area contributed by atoms with Crippen LogP contribution in [0.3, 0.4) is 0 Å². The summed E-state index contributed by atoms with van der Waals surface area (Å²) in [5, 5.41) is 0. The van der Waals surface area contributed by atoms with E-state index in [4.69, 9.17) is 9.47 Å². The van der Waals surface area contributed by atoms with Gasteiger partial charge in [-0.05, 0) is 70.1 Å². The fourth-order valence-corrected chi connectivity index (χ4v) is 4.85. The topological polar surface area (TPSA) is 55.8 Å². The third-order valence-electron chi connectivity index (χ3n) is 5.64. The number of methoxy groups -OCH3 is 1. The molecule has 0 aromatic rings. The minimum absolute atomic E-state index is 0.257. The van der Waals surface area contributed by atoms with E-state index in [0.29, 0.717) is 24.3 Å². The molecular weight excluding hydrogens is 282 g/mol. The molecule has 0 aromatic carbocycles. The number of likely N-dealkylation sites (tertiary alicyclic amines) is 1. The summed E-state index contributed by atoms with van der Waals surface area (Å²) in [4.78, 5) is 26.6. The molecule has 0 radical (unpaired) electrons. The second-order valence-corrected chi connectivity index (χ2v) is 8.02. The molecule has 1 heterocycles. The lowest BCUT2D eigenvalue weighted by Crippen LogP contribution is -2.48. The van der Waals surface area contributed by atoms with Crippen molar-refractivity contribution in [2.75, 3.05) is 13.7 Å². The Hall–Kier alpha value is -1.26. The molecule has 3 atom stereocenters. The first-order chi connectivity index (χ1) is 10.3. The maximum Gasteiger partial charge on any atom is 0.411 e. The van der Waals surface area contributed by atoms with Crippen LogP contribution in [0, 0.1) is 23.7 Å². The van der Waals surface area contributed by atoms with Crippen molar-refractivity contribution >= 4 is 12.1 Å². The summed E-state index contributed by atoms with van der Waals surface area (Å²) in [6, 6.07) is -0.460. The molecule has 0 aromatic heterocycles. The Labute approximate surface area is 132 Å². The Kier molecular flexibility index (Phi) is 3.86. The molecule has 5 nitrogen and oxygen atoms in total. The largest absolute Gasteiger partial charge is 0.467 e. The molecule has 5 heteroatoms. The molecule has 4 aliphatic rings. The van der Waals surface area contributed by atoms with Crippen molar-refractivity contribution < 1.29 is 19.1 Å². The van der Waals surface area contributed by atoms with Gasteiger partial charge in [-0.1, -0.05) is 0 Å². The summed E-state index contributed by atoms with van der Waals surface area (Å²) in [6.45, 7) is 6.20. The molecule has 22 heavy (non-hydrogen) atoms. The van der Waals surface area contributed by atoms with Crippen molar-refractivity contribution in [2.24, 2.45) is 23.7 Å². The summed E-state index contributed by atoms with van der Waals surface area (Å²) >= 11 is 0. The Morgan fingerprint density at radius 2 is 1.64 bits per heavy atom. The Morgan fingerprint density at radius 3 is 2.18 bits per heavy atom. The van der Waals surface area contributed by atoms with Crippen LogP contribution in [0.5, 0.6) is 0 Å². The van der Waals surface area contributed by atoms with E-state index in [-0.39, 0.29) is 18.0 Å². The van der Waals surface area contributed by atoms with E-state index < -0.39 is 11.6 Å². The number of rotatable bonds is 1. The predicted molar refractivity (Wildman–Crippen MR) is 81.2 cm³/mol. The van der Waals surface area contributed by atoms with Crippen LogP contribution in [0.25, 0.3) is 0 Å². The third-order valence-corrected chi connectivity index (χ3v) is 5.64. The van der Waals surface area contributed by atoms with E-state index in [2.05, 4.69) is 0 Å². The zero-order valence-electron chi connectivity index (χ0n) is 14.0. The molecule has 3 aliphatic carbocycles. The minimum atomic E-state index is -0.551. The predicted octanol–water partition coefficient (Wildman–Crippen LogP) is 2.83. The van der Waals surface area contributed by atoms with Crippen LogP contribution in [0.2, 0.25) is 0 Å². The molecule has 4 rings (SSSR count). The summed E-state index contributed by atoms with van der Waals surface area (Å²) in [5.41, 5.74) is -0.551. The fourth-order valence-electron chi connectivity index (χ4n) is 4.85. The zero-order chi connectivity index (χ0) is 16.1. The van der Waals surface area contributed by atoms with E-state index in [1.54, 1.807) is 4.90 Å². The standard InChI is InChI=1S/C17H27NO4/c1-17(2,3)22-16(20)18-9-12-10-5-7-11(8-6-10)13(12)14(18)15(19)21-4/h10-14H,5-9H2,1-4H3.